The highest BCUT2D eigenvalue weighted by molar-refractivity contribution is 9.10. The van der Waals surface area contributed by atoms with Gasteiger partial charge in [-0.2, -0.15) is 0 Å². The van der Waals surface area contributed by atoms with Crippen LogP contribution in [0.15, 0.2) is 22.7 Å². The van der Waals surface area contributed by atoms with E-state index >= 15 is 0 Å². The van der Waals surface area contributed by atoms with Gasteiger partial charge in [0.2, 0.25) is 0 Å². The first kappa shape index (κ1) is 13.6. The first-order valence-corrected chi connectivity index (χ1v) is 7.18. The molecule has 0 aliphatic carbocycles. The molecule has 0 saturated heterocycles. The van der Waals surface area contributed by atoms with Crippen LogP contribution in [0.3, 0.4) is 0 Å². The second-order valence-electron chi connectivity index (χ2n) is 3.86. The lowest BCUT2D eigenvalue weighted by Gasteiger charge is -2.18. The van der Waals surface area contributed by atoms with Crippen LogP contribution in [-0.4, -0.2) is 16.1 Å². The van der Waals surface area contributed by atoms with Crippen LogP contribution >= 0.6 is 27.5 Å². The van der Waals surface area contributed by atoms with E-state index in [1.165, 1.54) is 11.5 Å². The Morgan fingerprint density at radius 2 is 2.28 bits per heavy atom. The van der Waals surface area contributed by atoms with Crippen molar-refractivity contribution in [3.8, 4) is 0 Å². The summed E-state index contributed by atoms with van der Waals surface area (Å²) in [6.07, 6.45) is 0. The number of nitrogens with one attached hydrogen (secondary N) is 1. The van der Waals surface area contributed by atoms with Crippen molar-refractivity contribution in [1.29, 1.82) is 0 Å². The standard InChI is InChI=1S/C12H13BrFN3S/c1-3-15-11(12-7(2)16-17-18-12)8-5-4-6-9(13)10(8)14/h4-6,11,15H,3H2,1-2H3. The molecule has 3 nitrogen and oxygen atoms in total. The maximum atomic E-state index is 14.2. The molecule has 0 amide bonds. The molecule has 2 aromatic rings. The molecule has 1 unspecified atom stereocenters. The van der Waals surface area contributed by atoms with E-state index in [1.807, 2.05) is 19.9 Å². The molecule has 0 spiro atoms. The van der Waals surface area contributed by atoms with E-state index in [2.05, 4.69) is 30.8 Å². The summed E-state index contributed by atoms with van der Waals surface area (Å²) in [7, 11) is 0. The van der Waals surface area contributed by atoms with E-state index in [0.29, 0.717) is 10.0 Å². The van der Waals surface area contributed by atoms with Crippen LogP contribution in [0.1, 0.15) is 29.1 Å². The van der Waals surface area contributed by atoms with E-state index < -0.39 is 0 Å². The van der Waals surface area contributed by atoms with Crippen LogP contribution in [0.5, 0.6) is 0 Å². The fraction of sp³-hybridized carbons (Fsp3) is 0.333. The first-order valence-electron chi connectivity index (χ1n) is 5.61. The number of aromatic nitrogens is 2. The van der Waals surface area contributed by atoms with Crippen LogP contribution < -0.4 is 5.32 Å². The maximum absolute atomic E-state index is 14.2. The van der Waals surface area contributed by atoms with Gasteiger partial charge >= 0.3 is 0 Å². The fourth-order valence-electron chi connectivity index (χ4n) is 1.79. The van der Waals surface area contributed by atoms with Crippen LogP contribution in [0, 0.1) is 12.7 Å². The van der Waals surface area contributed by atoms with E-state index in [9.17, 15) is 4.39 Å². The van der Waals surface area contributed by atoms with Gasteiger partial charge in [0.1, 0.15) is 5.82 Å². The molecular weight excluding hydrogens is 317 g/mol. The zero-order valence-electron chi connectivity index (χ0n) is 10.1. The lowest BCUT2D eigenvalue weighted by atomic mass is 10.0. The van der Waals surface area contributed by atoms with Gasteiger partial charge in [-0.1, -0.05) is 23.5 Å². The normalized spacial score (nSPS) is 12.7. The van der Waals surface area contributed by atoms with E-state index in [1.54, 1.807) is 12.1 Å². The van der Waals surface area contributed by atoms with Gasteiger partial charge in [0.25, 0.3) is 0 Å². The van der Waals surface area contributed by atoms with E-state index in [4.69, 9.17) is 0 Å². The highest BCUT2D eigenvalue weighted by Gasteiger charge is 2.22. The lowest BCUT2D eigenvalue weighted by Crippen LogP contribution is -2.23. The van der Waals surface area contributed by atoms with E-state index in [0.717, 1.165) is 17.1 Å². The summed E-state index contributed by atoms with van der Waals surface area (Å²) < 4.78 is 18.6. The Bertz CT molecular complexity index is 544. The second-order valence-corrected chi connectivity index (χ2v) is 5.50. The molecule has 0 fully saturated rings. The highest BCUT2D eigenvalue weighted by Crippen LogP contribution is 2.31. The summed E-state index contributed by atoms with van der Waals surface area (Å²) >= 11 is 4.52. The number of rotatable bonds is 4. The van der Waals surface area contributed by atoms with Crippen molar-refractivity contribution < 1.29 is 4.39 Å². The van der Waals surface area contributed by atoms with Crippen molar-refractivity contribution in [2.45, 2.75) is 19.9 Å². The third-order valence-corrected chi connectivity index (χ3v) is 4.15. The molecule has 0 saturated carbocycles. The van der Waals surface area contributed by atoms with Crippen molar-refractivity contribution in [1.82, 2.24) is 14.9 Å². The Hall–Kier alpha value is -0.850. The minimum atomic E-state index is -0.240. The summed E-state index contributed by atoms with van der Waals surface area (Å²) in [6, 6.07) is 5.11. The van der Waals surface area contributed by atoms with E-state index in [-0.39, 0.29) is 11.9 Å². The topological polar surface area (TPSA) is 37.8 Å². The quantitative estimate of drug-likeness (QED) is 0.933. The van der Waals surface area contributed by atoms with Crippen LogP contribution in [0.2, 0.25) is 0 Å². The molecule has 6 heteroatoms. The molecule has 1 N–H and O–H groups in total. The molecule has 0 aliphatic rings. The van der Waals surface area contributed by atoms with Gasteiger partial charge in [0, 0.05) is 5.56 Å². The number of halogens is 2. The number of nitrogens with zero attached hydrogens (tertiary/aromatic N) is 2. The van der Waals surface area contributed by atoms with Crippen molar-refractivity contribution in [2.24, 2.45) is 0 Å². The minimum absolute atomic E-state index is 0.201. The average molecular weight is 330 g/mol. The molecule has 2 rings (SSSR count). The Balaban J connectivity index is 2.48. The molecule has 1 aromatic heterocycles. The summed E-state index contributed by atoms with van der Waals surface area (Å²) in [6.45, 7) is 4.62. The van der Waals surface area contributed by atoms with Gasteiger partial charge in [-0.3, -0.25) is 0 Å². The lowest BCUT2D eigenvalue weighted by molar-refractivity contribution is 0.557. The van der Waals surface area contributed by atoms with Crippen molar-refractivity contribution in [3.05, 3.63) is 44.6 Å². The van der Waals surface area contributed by atoms with Crippen molar-refractivity contribution in [2.75, 3.05) is 6.54 Å². The van der Waals surface area contributed by atoms with Gasteiger partial charge in [-0.15, -0.1) is 5.10 Å². The second kappa shape index (κ2) is 5.86. The van der Waals surface area contributed by atoms with Gasteiger partial charge in [-0.25, -0.2) is 4.39 Å². The summed E-state index contributed by atoms with van der Waals surface area (Å²) in [5.41, 5.74) is 1.45. The minimum Gasteiger partial charge on any atom is -0.306 e. The Morgan fingerprint density at radius 3 is 2.89 bits per heavy atom. The number of aryl methyl sites for hydroxylation is 1. The van der Waals surface area contributed by atoms with Gasteiger partial charge in [-0.05, 0) is 47.0 Å². The molecule has 1 heterocycles. The van der Waals surface area contributed by atoms with Gasteiger partial charge in [0.05, 0.1) is 21.1 Å². The molecule has 0 bridgehead atoms. The molecule has 1 atom stereocenters. The SMILES string of the molecule is CCNC(c1cccc(Br)c1F)c1snnc1C. The number of hydrogen-bond acceptors (Lipinski definition) is 4. The predicted molar refractivity (Wildman–Crippen MR) is 74.3 cm³/mol. The summed E-state index contributed by atoms with van der Waals surface area (Å²) in [4.78, 5) is 0.953. The van der Waals surface area contributed by atoms with Crippen LogP contribution in [0.25, 0.3) is 0 Å². The highest BCUT2D eigenvalue weighted by atomic mass is 79.9. The fourth-order valence-corrected chi connectivity index (χ4v) is 2.92. The van der Waals surface area contributed by atoms with Crippen LogP contribution in [0.4, 0.5) is 4.39 Å². The third-order valence-electron chi connectivity index (χ3n) is 2.65. The van der Waals surface area contributed by atoms with Gasteiger partial charge < -0.3 is 5.32 Å². The Kier molecular flexibility index (Phi) is 4.42. The Morgan fingerprint density at radius 1 is 1.50 bits per heavy atom. The van der Waals surface area contributed by atoms with Gasteiger partial charge in [0.15, 0.2) is 0 Å². The first-order chi connectivity index (χ1) is 8.65. The monoisotopic (exact) mass is 329 g/mol. The number of benzene rings is 1. The number of hydrogen-bond donors (Lipinski definition) is 1. The zero-order valence-corrected chi connectivity index (χ0v) is 12.5. The molecule has 18 heavy (non-hydrogen) atoms. The smallest absolute Gasteiger partial charge is 0.142 e. The Labute approximate surface area is 118 Å². The van der Waals surface area contributed by atoms with Crippen LogP contribution in [-0.2, 0) is 0 Å². The molecule has 0 aliphatic heterocycles. The largest absolute Gasteiger partial charge is 0.306 e. The third kappa shape index (κ3) is 2.60. The molecular formula is C12H13BrFN3S. The molecule has 96 valence electrons. The molecule has 0 radical (unpaired) electrons. The molecule has 1 aromatic carbocycles. The predicted octanol–water partition coefficient (Wildman–Crippen LogP) is 3.45. The summed E-state index contributed by atoms with van der Waals surface area (Å²) in [5, 5.41) is 7.27. The van der Waals surface area contributed by atoms with Crippen molar-refractivity contribution >= 4 is 27.5 Å². The van der Waals surface area contributed by atoms with Crippen molar-refractivity contribution in [3.63, 3.8) is 0 Å². The average Bonchev–Trinajstić information content (AvgIpc) is 2.76. The summed E-state index contributed by atoms with van der Waals surface area (Å²) in [5.74, 6) is -0.240. The zero-order chi connectivity index (χ0) is 13.1. The maximum Gasteiger partial charge on any atom is 0.142 e.